The van der Waals surface area contributed by atoms with E-state index in [9.17, 15) is 4.79 Å². The molecule has 0 spiro atoms. The molecule has 7 heteroatoms. The number of hydrazone groups is 1. The standard InChI is InChI=1S/C18H17BrN2O4/c1-12(22)21-17(11-24-16-6-4-3-5-15(16)23-2)25-18(20-21)13-7-9-14(19)10-8-13/h3-10,17H,11H2,1-2H3/t17-/m1/s1. The summed E-state index contributed by atoms with van der Waals surface area (Å²) in [7, 11) is 1.57. The number of methoxy groups -OCH3 is 1. The predicted molar refractivity (Wildman–Crippen MR) is 96.6 cm³/mol. The highest BCUT2D eigenvalue weighted by Gasteiger charge is 2.32. The summed E-state index contributed by atoms with van der Waals surface area (Å²) in [5.74, 6) is 1.36. The second-order valence-electron chi connectivity index (χ2n) is 5.31. The van der Waals surface area contributed by atoms with Gasteiger partial charge in [0, 0.05) is 17.0 Å². The SMILES string of the molecule is COc1ccccc1OC[C@H]1OC(c2ccc(Br)cc2)=NN1C(C)=O. The Morgan fingerprint density at radius 2 is 1.88 bits per heavy atom. The molecule has 0 unspecified atom stereocenters. The summed E-state index contributed by atoms with van der Waals surface area (Å²) >= 11 is 3.39. The lowest BCUT2D eigenvalue weighted by molar-refractivity contribution is -0.136. The zero-order valence-corrected chi connectivity index (χ0v) is 15.4. The van der Waals surface area contributed by atoms with Gasteiger partial charge in [-0.3, -0.25) is 4.79 Å². The monoisotopic (exact) mass is 404 g/mol. The minimum Gasteiger partial charge on any atom is -0.493 e. The van der Waals surface area contributed by atoms with Crippen molar-refractivity contribution < 1.29 is 19.0 Å². The second-order valence-corrected chi connectivity index (χ2v) is 6.23. The number of carbonyl (C=O) groups excluding carboxylic acids is 1. The summed E-state index contributed by atoms with van der Waals surface area (Å²) in [6, 6.07) is 14.8. The largest absolute Gasteiger partial charge is 0.493 e. The summed E-state index contributed by atoms with van der Waals surface area (Å²) in [5.41, 5.74) is 0.786. The maximum Gasteiger partial charge on any atom is 0.243 e. The smallest absolute Gasteiger partial charge is 0.243 e. The van der Waals surface area contributed by atoms with Crippen LogP contribution in [0.3, 0.4) is 0 Å². The first-order valence-corrected chi connectivity index (χ1v) is 8.44. The van der Waals surface area contributed by atoms with Crippen LogP contribution in [0.25, 0.3) is 0 Å². The molecule has 0 aromatic heterocycles. The molecule has 0 radical (unpaired) electrons. The molecule has 25 heavy (non-hydrogen) atoms. The molecule has 1 aliphatic heterocycles. The fraction of sp³-hybridized carbons (Fsp3) is 0.222. The van der Waals surface area contributed by atoms with Crippen LogP contribution in [0.15, 0.2) is 58.1 Å². The Kier molecular flexibility index (Phi) is 5.23. The van der Waals surface area contributed by atoms with Gasteiger partial charge in [0.25, 0.3) is 0 Å². The van der Waals surface area contributed by atoms with Crippen molar-refractivity contribution in [3.8, 4) is 11.5 Å². The molecule has 1 atom stereocenters. The highest BCUT2D eigenvalue weighted by atomic mass is 79.9. The molecule has 0 saturated carbocycles. The molecule has 1 amide bonds. The Hall–Kier alpha value is -2.54. The number of amides is 1. The van der Waals surface area contributed by atoms with Crippen LogP contribution in [-0.2, 0) is 9.53 Å². The third-order valence-electron chi connectivity index (χ3n) is 3.58. The van der Waals surface area contributed by atoms with E-state index in [1.165, 1.54) is 11.9 Å². The van der Waals surface area contributed by atoms with Gasteiger partial charge in [-0.05, 0) is 36.4 Å². The number of para-hydroxylation sites is 2. The third-order valence-corrected chi connectivity index (χ3v) is 4.11. The molecular formula is C18H17BrN2O4. The lowest BCUT2D eigenvalue weighted by Crippen LogP contribution is -2.36. The van der Waals surface area contributed by atoms with Crippen molar-refractivity contribution in [3.63, 3.8) is 0 Å². The van der Waals surface area contributed by atoms with Gasteiger partial charge >= 0.3 is 0 Å². The number of halogens is 1. The number of carbonyl (C=O) groups is 1. The van der Waals surface area contributed by atoms with E-state index in [1.54, 1.807) is 19.2 Å². The highest BCUT2D eigenvalue weighted by molar-refractivity contribution is 9.10. The van der Waals surface area contributed by atoms with E-state index < -0.39 is 6.23 Å². The first-order chi connectivity index (χ1) is 12.1. The Bertz CT molecular complexity index is 792. The lowest BCUT2D eigenvalue weighted by atomic mass is 10.2. The number of benzene rings is 2. The first-order valence-electron chi connectivity index (χ1n) is 7.65. The highest BCUT2D eigenvalue weighted by Crippen LogP contribution is 2.27. The number of rotatable bonds is 5. The van der Waals surface area contributed by atoms with E-state index >= 15 is 0 Å². The van der Waals surface area contributed by atoms with Crippen LogP contribution in [-0.4, -0.2) is 36.8 Å². The van der Waals surface area contributed by atoms with Crippen LogP contribution in [0.2, 0.25) is 0 Å². The van der Waals surface area contributed by atoms with Crippen LogP contribution < -0.4 is 9.47 Å². The molecule has 0 bridgehead atoms. The number of hydrogen-bond donors (Lipinski definition) is 0. The molecular weight excluding hydrogens is 388 g/mol. The van der Waals surface area contributed by atoms with Crippen LogP contribution >= 0.6 is 15.9 Å². The molecule has 130 valence electrons. The van der Waals surface area contributed by atoms with Gasteiger partial charge in [0.15, 0.2) is 11.5 Å². The van der Waals surface area contributed by atoms with Gasteiger partial charge in [0.1, 0.15) is 6.61 Å². The van der Waals surface area contributed by atoms with Crippen molar-refractivity contribution in [2.75, 3.05) is 13.7 Å². The van der Waals surface area contributed by atoms with Crippen LogP contribution in [0.4, 0.5) is 0 Å². The van der Waals surface area contributed by atoms with Gasteiger partial charge in [0.05, 0.1) is 7.11 Å². The van der Waals surface area contributed by atoms with Crippen molar-refractivity contribution in [2.24, 2.45) is 5.10 Å². The van der Waals surface area contributed by atoms with Gasteiger partial charge in [-0.15, -0.1) is 5.10 Å². The van der Waals surface area contributed by atoms with E-state index in [0.717, 1.165) is 10.0 Å². The van der Waals surface area contributed by atoms with Crippen molar-refractivity contribution in [1.82, 2.24) is 5.01 Å². The fourth-order valence-corrected chi connectivity index (χ4v) is 2.62. The van der Waals surface area contributed by atoms with Crippen molar-refractivity contribution >= 4 is 27.7 Å². The number of hydrogen-bond acceptors (Lipinski definition) is 5. The van der Waals surface area contributed by atoms with Crippen molar-refractivity contribution in [2.45, 2.75) is 13.2 Å². The average molecular weight is 405 g/mol. The maximum absolute atomic E-state index is 11.9. The predicted octanol–water partition coefficient (Wildman–Crippen LogP) is 3.40. The van der Waals surface area contributed by atoms with E-state index in [4.69, 9.17) is 14.2 Å². The fourth-order valence-electron chi connectivity index (χ4n) is 2.36. The molecule has 0 saturated heterocycles. The molecule has 1 heterocycles. The minimum atomic E-state index is -0.638. The average Bonchev–Trinajstić information content (AvgIpc) is 3.05. The molecule has 1 aliphatic rings. The Labute approximate surface area is 154 Å². The van der Waals surface area contributed by atoms with Gasteiger partial charge in [-0.1, -0.05) is 28.1 Å². The first kappa shape index (κ1) is 17.3. The molecule has 2 aromatic carbocycles. The molecule has 0 N–H and O–H groups in total. The quantitative estimate of drug-likeness (QED) is 0.765. The Morgan fingerprint density at radius 1 is 1.20 bits per heavy atom. The molecule has 6 nitrogen and oxygen atoms in total. The summed E-state index contributed by atoms with van der Waals surface area (Å²) in [6.45, 7) is 1.57. The van der Waals surface area contributed by atoms with E-state index in [-0.39, 0.29) is 12.5 Å². The number of ether oxygens (including phenoxy) is 3. The normalized spacial score (nSPS) is 16.2. The second kappa shape index (κ2) is 7.57. The van der Waals surface area contributed by atoms with Crippen molar-refractivity contribution in [1.29, 1.82) is 0 Å². The molecule has 0 fully saturated rings. The van der Waals surface area contributed by atoms with Gasteiger partial charge in [-0.2, -0.15) is 5.01 Å². The van der Waals surface area contributed by atoms with E-state index in [2.05, 4.69) is 21.0 Å². The topological polar surface area (TPSA) is 60.4 Å². The van der Waals surface area contributed by atoms with Gasteiger partial charge < -0.3 is 14.2 Å². The van der Waals surface area contributed by atoms with Gasteiger partial charge in [-0.25, -0.2) is 0 Å². The molecule has 3 rings (SSSR count). The number of nitrogens with zero attached hydrogens (tertiary/aromatic N) is 2. The summed E-state index contributed by atoms with van der Waals surface area (Å²) in [4.78, 5) is 11.9. The Morgan fingerprint density at radius 3 is 2.52 bits per heavy atom. The maximum atomic E-state index is 11.9. The molecule has 0 aliphatic carbocycles. The van der Waals surface area contributed by atoms with E-state index in [1.807, 2.05) is 36.4 Å². The van der Waals surface area contributed by atoms with Crippen LogP contribution in [0.5, 0.6) is 11.5 Å². The van der Waals surface area contributed by atoms with Crippen LogP contribution in [0, 0.1) is 0 Å². The summed E-state index contributed by atoms with van der Waals surface area (Å²) in [5, 5.41) is 5.56. The zero-order chi connectivity index (χ0) is 17.8. The summed E-state index contributed by atoms with van der Waals surface area (Å²) in [6.07, 6.45) is -0.638. The van der Waals surface area contributed by atoms with Crippen LogP contribution in [0.1, 0.15) is 12.5 Å². The van der Waals surface area contributed by atoms with E-state index in [0.29, 0.717) is 17.4 Å². The van der Waals surface area contributed by atoms with Gasteiger partial charge in [0.2, 0.25) is 18.0 Å². The third kappa shape index (κ3) is 3.93. The summed E-state index contributed by atoms with van der Waals surface area (Å²) < 4.78 is 17.8. The lowest BCUT2D eigenvalue weighted by Gasteiger charge is -2.20. The molecule has 2 aromatic rings. The zero-order valence-electron chi connectivity index (χ0n) is 13.8. The van der Waals surface area contributed by atoms with Crippen molar-refractivity contribution in [3.05, 3.63) is 58.6 Å². The Balaban J connectivity index is 1.73. The minimum absolute atomic E-state index is 0.128.